The van der Waals surface area contributed by atoms with E-state index in [1.54, 1.807) is 24.3 Å². The summed E-state index contributed by atoms with van der Waals surface area (Å²) < 4.78 is 0. The Morgan fingerprint density at radius 3 is 2.57 bits per heavy atom. The van der Waals surface area contributed by atoms with Gasteiger partial charge in [-0.2, -0.15) is 0 Å². The molecule has 0 amide bonds. The number of ketones is 1. The second-order valence-electron chi connectivity index (χ2n) is 2.72. The fourth-order valence-electron chi connectivity index (χ4n) is 1.10. The van der Waals surface area contributed by atoms with Gasteiger partial charge in [-0.3, -0.25) is 4.79 Å². The molecular weight excluding hydrogens is 182 g/mol. The molecule has 0 unspecified atom stereocenters. The third-order valence-electron chi connectivity index (χ3n) is 1.75. The standard InChI is InChI=1S/C9H7N3O2/c13-9(7-4-2-1-3-5-7)8-6-12(14)11-10-8/h1-6,14H. The molecule has 0 bridgehead atoms. The number of rotatable bonds is 2. The maximum atomic E-state index is 11.6. The number of nitrogens with zero attached hydrogens (tertiary/aromatic N) is 3. The first-order valence-corrected chi connectivity index (χ1v) is 3.99. The Morgan fingerprint density at radius 2 is 2.00 bits per heavy atom. The van der Waals surface area contributed by atoms with E-state index in [9.17, 15) is 4.79 Å². The Hall–Kier alpha value is -2.17. The second kappa shape index (κ2) is 3.29. The largest absolute Gasteiger partial charge is 0.410 e. The lowest BCUT2D eigenvalue weighted by Crippen LogP contribution is -2.01. The molecule has 5 heteroatoms. The van der Waals surface area contributed by atoms with Gasteiger partial charge >= 0.3 is 0 Å². The second-order valence-corrected chi connectivity index (χ2v) is 2.72. The molecule has 1 heterocycles. The van der Waals surface area contributed by atoms with E-state index in [1.165, 1.54) is 0 Å². The van der Waals surface area contributed by atoms with Gasteiger partial charge in [0.05, 0.1) is 6.20 Å². The molecule has 0 aliphatic carbocycles. The molecule has 2 aromatic rings. The lowest BCUT2D eigenvalue weighted by atomic mass is 10.1. The average molecular weight is 189 g/mol. The van der Waals surface area contributed by atoms with Gasteiger partial charge in [0.25, 0.3) is 0 Å². The van der Waals surface area contributed by atoms with Crippen molar-refractivity contribution in [2.24, 2.45) is 0 Å². The molecule has 70 valence electrons. The SMILES string of the molecule is O=C(c1ccccc1)c1cn(O)nn1. The quantitative estimate of drug-likeness (QED) is 0.559. The predicted molar refractivity (Wildman–Crippen MR) is 47.1 cm³/mol. The zero-order valence-corrected chi connectivity index (χ0v) is 7.16. The van der Waals surface area contributed by atoms with Crippen LogP contribution in [0.25, 0.3) is 0 Å². The third-order valence-corrected chi connectivity index (χ3v) is 1.75. The van der Waals surface area contributed by atoms with Crippen LogP contribution in [-0.2, 0) is 0 Å². The first-order chi connectivity index (χ1) is 6.77. The Bertz CT molecular complexity index is 450. The number of carbonyl (C=O) groups is 1. The molecule has 0 aliphatic heterocycles. The van der Waals surface area contributed by atoms with Crippen LogP contribution in [0.15, 0.2) is 36.5 Å². The van der Waals surface area contributed by atoms with Crippen LogP contribution in [0.5, 0.6) is 0 Å². The molecule has 1 N–H and O–H groups in total. The summed E-state index contributed by atoms with van der Waals surface area (Å²) in [5.74, 6) is -0.258. The van der Waals surface area contributed by atoms with Gasteiger partial charge in [-0.15, -0.1) is 5.10 Å². The van der Waals surface area contributed by atoms with Crippen LogP contribution in [-0.4, -0.2) is 26.1 Å². The zero-order valence-electron chi connectivity index (χ0n) is 7.16. The molecule has 2 rings (SSSR count). The Kier molecular flexibility index (Phi) is 1.98. The molecule has 0 saturated carbocycles. The van der Waals surface area contributed by atoms with Gasteiger partial charge in [0.1, 0.15) is 0 Å². The molecule has 0 radical (unpaired) electrons. The topological polar surface area (TPSA) is 68.0 Å². The summed E-state index contributed by atoms with van der Waals surface area (Å²) in [6, 6.07) is 8.70. The number of benzene rings is 1. The van der Waals surface area contributed by atoms with Crippen molar-refractivity contribution in [3.8, 4) is 0 Å². The molecule has 1 aromatic heterocycles. The molecule has 1 aromatic carbocycles. The molecule has 5 nitrogen and oxygen atoms in total. The summed E-state index contributed by atoms with van der Waals surface area (Å²) in [5.41, 5.74) is 0.645. The van der Waals surface area contributed by atoms with Crippen molar-refractivity contribution in [1.29, 1.82) is 0 Å². The molecular formula is C9H7N3O2. The van der Waals surface area contributed by atoms with Crippen molar-refractivity contribution in [3.05, 3.63) is 47.8 Å². The van der Waals surface area contributed by atoms with Gasteiger partial charge in [-0.25, -0.2) is 0 Å². The van der Waals surface area contributed by atoms with Crippen molar-refractivity contribution in [2.75, 3.05) is 0 Å². The number of aromatic nitrogens is 3. The van der Waals surface area contributed by atoms with Gasteiger partial charge in [0, 0.05) is 5.56 Å². The minimum absolute atomic E-state index is 0.124. The summed E-state index contributed by atoms with van der Waals surface area (Å²) in [6.07, 6.45) is 1.16. The molecule has 0 fully saturated rings. The smallest absolute Gasteiger partial charge is 0.215 e. The number of hydrogen-bond acceptors (Lipinski definition) is 4. The van der Waals surface area contributed by atoms with E-state index >= 15 is 0 Å². The van der Waals surface area contributed by atoms with Crippen LogP contribution in [0, 0.1) is 0 Å². The zero-order chi connectivity index (χ0) is 9.97. The minimum Gasteiger partial charge on any atom is -0.410 e. The molecule has 0 aliphatic rings. The van der Waals surface area contributed by atoms with Crippen LogP contribution >= 0.6 is 0 Å². The lowest BCUT2D eigenvalue weighted by molar-refractivity contribution is 0.103. The summed E-state index contributed by atoms with van der Waals surface area (Å²) in [4.78, 5) is 12.1. The average Bonchev–Trinajstić information content (AvgIpc) is 2.65. The third kappa shape index (κ3) is 1.47. The van der Waals surface area contributed by atoms with Gasteiger partial charge < -0.3 is 5.21 Å². The minimum atomic E-state index is -0.258. The van der Waals surface area contributed by atoms with Gasteiger partial charge in [0.2, 0.25) is 5.78 Å². The van der Waals surface area contributed by atoms with Crippen LogP contribution < -0.4 is 0 Å². The van der Waals surface area contributed by atoms with E-state index in [2.05, 4.69) is 10.3 Å². The van der Waals surface area contributed by atoms with Gasteiger partial charge in [-0.05, 0) is 5.21 Å². The fourth-order valence-corrected chi connectivity index (χ4v) is 1.10. The highest BCUT2D eigenvalue weighted by Crippen LogP contribution is 2.05. The highest BCUT2D eigenvalue weighted by atomic mass is 16.5. The van der Waals surface area contributed by atoms with Gasteiger partial charge in [0.15, 0.2) is 5.69 Å². The molecule has 14 heavy (non-hydrogen) atoms. The lowest BCUT2D eigenvalue weighted by Gasteiger charge is -1.93. The molecule has 0 atom stereocenters. The van der Waals surface area contributed by atoms with E-state index in [4.69, 9.17) is 5.21 Å². The normalized spacial score (nSPS) is 10.0. The van der Waals surface area contributed by atoms with Crippen molar-refractivity contribution >= 4 is 5.78 Å². The van der Waals surface area contributed by atoms with Crippen molar-refractivity contribution in [2.45, 2.75) is 0 Å². The van der Waals surface area contributed by atoms with E-state index in [-0.39, 0.29) is 11.5 Å². The van der Waals surface area contributed by atoms with Crippen molar-refractivity contribution < 1.29 is 10.0 Å². The van der Waals surface area contributed by atoms with Crippen LogP contribution in [0.1, 0.15) is 16.1 Å². The highest BCUT2D eigenvalue weighted by molar-refractivity contribution is 6.07. The van der Waals surface area contributed by atoms with E-state index in [0.717, 1.165) is 6.20 Å². The number of carbonyl (C=O) groups excluding carboxylic acids is 1. The predicted octanol–water partition coefficient (Wildman–Crippen LogP) is 0.746. The molecule has 0 spiro atoms. The first kappa shape index (κ1) is 8.43. The highest BCUT2D eigenvalue weighted by Gasteiger charge is 2.12. The van der Waals surface area contributed by atoms with Crippen LogP contribution in [0.3, 0.4) is 0 Å². The summed E-state index contributed by atoms with van der Waals surface area (Å²) >= 11 is 0. The fraction of sp³-hybridized carbons (Fsp3) is 0. The summed E-state index contributed by atoms with van der Waals surface area (Å²) in [5, 5.41) is 15.6. The maximum Gasteiger partial charge on any atom is 0.215 e. The van der Waals surface area contributed by atoms with E-state index < -0.39 is 0 Å². The van der Waals surface area contributed by atoms with Crippen LogP contribution in [0.2, 0.25) is 0 Å². The van der Waals surface area contributed by atoms with E-state index in [1.807, 2.05) is 6.07 Å². The Morgan fingerprint density at radius 1 is 1.29 bits per heavy atom. The monoisotopic (exact) mass is 189 g/mol. The Balaban J connectivity index is 2.34. The number of hydrogen-bond donors (Lipinski definition) is 1. The summed E-state index contributed by atoms with van der Waals surface area (Å²) in [7, 11) is 0. The maximum absolute atomic E-state index is 11.6. The Labute approximate surface area is 79.6 Å². The van der Waals surface area contributed by atoms with Crippen molar-refractivity contribution in [3.63, 3.8) is 0 Å². The first-order valence-electron chi connectivity index (χ1n) is 3.99. The summed E-state index contributed by atoms with van der Waals surface area (Å²) in [6.45, 7) is 0. The van der Waals surface area contributed by atoms with E-state index in [0.29, 0.717) is 10.4 Å². The van der Waals surface area contributed by atoms with Crippen molar-refractivity contribution in [1.82, 2.24) is 15.2 Å². The van der Waals surface area contributed by atoms with Gasteiger partial charge in [-0.1, -0.05) is 35.2 Å². The molecule has 0 saturated heterocycles. The van der Waals surface area contributed by atoms with Crippen LogP contribution in [0.4, 0.5) is 0 Å².